The maximum atomic E-state index is 4.14. The summed E-state index contributed by atoms with van der Waals surface area (Å²) in [4.78, 5) is 12.1. The summed E-state index contributed by atoms with van der Waals surface area (Å²) >= 11 is 0. The van der Waals surface area contributed by atoms with Gasteiger partial charge in [-0.15, -0.1) is 0 Å². The largest absolute Gasteiger partial charge is 0.264 e. The fourth-order valence-corrected chi connectivity index (χ4v) is 1.29. The smallest absolute Gasteiger partial charge is 0.115 e. The molecule has 2 heterocycles. The lowest BCUT2D eigenvalue weighted by Gasteiger charge is -1.99. The Hall–Kier alpha value is -2.03. The molecule has 0 fully saturated rings. The first-order valence-electron chi connectivity index (χ1n) is 4.71. The highest BCUT2D eigenvalue weighted by atomic mass is 14.8. The molecular weight excluding hydrogens is 186 g/mol. The lowest BCUT2D eigenvalue weighted by atomic mass is 10.1. The summed E-state index contributed by atoms with van der Waals surface area (Å²) in [6, 6.07) is 5.83. The number of aromatic nitrogens is 3. The van der Waals surface area contributed by atoms with Crippen LogP contribution in [0, 0.1) is 0 Å². The fraction of sp³-hybridized carbons (Fsp3) is 0.0833. The molecule has 2 rings (SSSR count). The van der Waals surface area contributed by atoms with Crippen LogP contribution in [0.4, 0.5) is 0 Å². The Morgan fingerprint density at radius 3 is 2.80 bits per heavy atom. The van der Waals surface area contributed by atoms with Crippen molar-refractivity contribution in [3.05, 3.63) is 54.4 Å². The molecule has 0 aromatic carbocycles. The van der Waals surface area contributed by atoms with Crippen LogP contribution >= 0.6 is 0 Å². The lowest BCUT2D eigenvalue weighted by molar-refractivity contribution is 1.15. The van der Waals surface area contributed by atoms with Crippen molar-refractivity contribution in [2.24, 2.45) is 0 Å². The Kier molecular flexibility index (Phi) is 2.83. The van der Waals surface area contributed by atoms with Crippen molar-refractivity contribution in [1.82, 2.24) is 15.0 Å². The van der Waals surface area contributed by atoms with Gasteiger partial charge in [0, 0.05) is 18.6 Å². The predicted molar refractivity (Wildman–Crippen MR) is 59.8 cm³/mol. The average molecular weight is 197 g/mol. The van der Waals surface area contributed by atoms with Gasteiger partial charge in [-0.25, -0.2) is 9.97 Å². The van der Waals surface area contributed by atoms with Gasteiger partial charge < -0.3 is 0 Å². The van der Waals surface area contributed by atoms with Gasteiger partial charge in [0.05, 0.1) is 5.69 Å². The van der Waals surface area contributed by atoms with Crippen LogP contribution in [0.3, 0.4) is 0 Å². The van der Waals surface area contributed by atoms with Crippen LogP contribution in [-0.4, -0.2) is 15.0 Å². The standard InChI is InChI=1S/C12H11N3/c1-10(11-3-2-5-13-8-11)7-12-4-6-14-9-15-12/h2-9H,1H3. The first-order chi connectivity index (χ1) is 7.36. The second kappa shape index (κ2) is 4.46. The molecule has 0 amide bonds. The summed E-state index contributed by atoms with van der Waals surface area (Å²) < 4.78 is 0. The Bertz CT molecular complexity index is 449. The fourth-order valence-electron chi connectivity index (χ4n) is 1.29. The van der Waals surface area contributed by atoms with E-state index in [-0.39, 0.29) is 0 Å². The molecule has 15 heavy (non-hydrogen) atoms. The van der Waals surface area contributed by atoms with E-state index in [1.165, 1.54) is 0 Å². The van der Waals surface area contributed by atoms with Gasteiger partial charge in [0.25, 0.3) is 0 Å². The first kappa shape index (κ1) is 9.52. The van der Waals surface area contributed by atoms with E-state index < -0.39 is 0 Å². The van der Waals surface area contributed by atoms with Gasteiger partial charge in [0.1, 0.15) is 6.33 Å². The molecule has 74 valence electrons. The van der Waals surface area contributed by atoms with Crippen LogP contribution in [-0.2, 0) is 0 Å². The molecule has 2 aromatic heterocycles. The number of nitrogens with zero attached hydrogens (tertiary/aromatic N) is 3. The molecule has 0 aliphatic rings. The van der Waals surface area contributed by atoms with Crippen LogP contribution in [0.2, 0.25) is 0 Å². The summed E-state index contributed by atoms with van der Waals surface area (Å²) in [6.07, 6.45) is 8.89. The minimum atomic E-state index is 0.909. The van der Waals surface area contributed by atoms with Gasteiger partial charge in [0.2, 0.25) is 0 Å². The molecule has 2 aromatic rings. The number of pyridine rings is 1. The van der Waals surface area contributed by atoms with Gasteiger partial charge in [0.15, 0.2) is 0 Å². The highest BCUT2D eigenvalue weighted by molar-refractivity contribution is 5.78. The van der Waals surface area contributed by atoms with Crippen molar-refractivity contribution in [1.29, 1.82) is 0 Å². The molecule has 0 saturated carbocycles. The molecule has 3 nitrogen and oxygen atoms in total. The highest BCUT2D eigenvalue weighted by Gasteiger charge is 1.95. The number of rotatable bonds is 2. The topological polar surface area (TPSA) is 38.7 Å². The second-order valence-electron chi connectivity index (χ2n) is 3.20. The molecule has 0 N–H and O–H groups in total. The zero-order chi connectivity index (χ0) is 10.5. The Balaban J connectivity index is 2.29. The van der Waals surface area contributed by atoms with Crippen molar-refractivity contribution in [3.8, 4) is 0 Å². The average Bonchev–Trinajstić information content (AvgIpc) is 2.31. The number of hydrogen-bond donors (Lipinski definition) is 0. The quantitative estimate of drug-likeness (QED) is 0.742. The van der Waals surface area contributed by atoms with Gasteiger partial charge in [-0.2, -0.15) is 0 Å². The third-order valence-electron chi connectivity index (χ3n) is 2.09. The lowest BCUT2D eigenvalue weighted by Crippen LogP contribution is -1.84. The second-order valence-corrected chi connectivity index (χ2v) is 3.20. The molecule has 0 aliphatic heterocycles. The third kappa shape index (κ3) is 2.47. The summed E-state index contributed by atoms with van der Waals surface area (Å²) in [7, 11) is 0. The molecule has 0 atom stereocenters. The molecular formula is C12H11N3. The van der Waals surface area contributed by atoms with E-state index in [1.807, 2.05) is 37.4 Å². The molecule has 3 heteroatoms. The Morgan fingerprint density at radius 1 is 1.20 bits per heavy atom. The van der Waals surface area contributed by atoms with Gasteiger partial charge >= 0.3 is 0 Å². The number of allylic oxidation sites excluding steroid dienone is 1. The van der Waals surface area contributed by atoms with E-state index in [2.05, 4.69) is 15.0 Å². The van der Waals surface area contributed by atoms with Crippen LogP contribution in [0.15, 0.2) is 43.1 Å². The minimum Gasteiger partial charge on any atom is -0.264 e. The van der Waals surface area contributed by atoms with Gasteiger partial charge in [-0.05, 0) is 36.3 Å². The molecule has 0 saturated heterocycles. The maximum Gasteiger partial charge on any atom is 0.115 e. The predicted octanol–water partition coefficient (Wildman–Crippen LogP) is 2.43. The molecule has 0 radical (unpaired) electrons. The van der Waals surface area contributed by atoms with Crippen molar-refractivity contribution < 1.29 is 0 Å². The zero-order valence-corrected chi connectivity index (χ0v) is 8.46. The normalized spacial score (nSPS) is 11.4. The Labute approximate surface area is 88.6 Å². The van der Waals surface area contributed by atoms with Crippen molar-refractivity contribution in [2.75, 3.05) is 0 Å². The summed E-state index contributed by atoms with van der Waals surface area (Å²) in [6.45, 7) is 2.04. The molecule has 0 spiro atoms. The molecule has 0 aliphatic carbocycles. The maximum absolute atomic E-state index is 4.14. The highest BCUT2D eigenvalue weighted by Crippen LogP contribution is 2.14. The van der Waals surface area contributed by atoms with E-state index in [0.717, 1.165) is 16.8 Å². The van der Waals surface area contributed by atoms with Gasteiger partial charge in [-0.1, -0.05) is 6.07 Å². The van der Waals surface area contributed by atoms with Crippen LogP contribution in [0.5, 0.6) is 0 Å². The molecule has 0 unspecified atom stereocenters. The number of hydrogen-bond acceptors (Lipinski definition) is 3. The SMILES string of the molecule is CC(=Cc1ccncn1)c1cccnc1. The monoisotopic (exact) mass is 197 g/mol. The summed E-state index contributed by atoms with van der Waals surface area (Å²) in [5.74, 6) is 0. The van der Waals surface area contributed by atoms with Crippen LogP contribution in [0.1, 0.15) is 18.2 Å². The molecule has 0 bridgehead atoms. The van der Waals surface area contributed by atoms with E-state index in [4.69, 9.17) is 0 Å². The summed E-state index contributed by atoms with van der Waals surface area (Å²) in [5, 5.41) is 0. The van der Waals surface area contributed by atoms with E-state index in [1.54, 1.807) is 18.7 Å². The first-order valence-corrected chi connectivity index (χ1v) is 4.71. The zero-order valence-electron chi connectivity index (χ0n) is 8.46. The third-order valence-corrected chi connectivity index (χ3v) is 2.09. The van der Waals surface area contributed by atoms with Crippen LogP contribution < -0.4 is 0 Å². The van der Waals surface area contributed by atoms with Crippen molar-refractivity contribution in [2.45, 2.75) is 6.92 Å². The minimum absolute atomic E-state index is 0.909. The Morgan fingerprint density at radius 2 is 2.13 bits per heavy atom. The van der Waals surface area contributed by atoms with E-state index in [9.17, 15) is 0 Å². The van der Waals surface area contributed by atoms with Crippen molar-refractivity contribution >= 4 is 11.6 Å². The van der Waals surface area contributed by atoms with E-state index >= 15 is 0 Å². The van der Waals surface area contributed by atoms with Gasteiger partial charge in [-0.3, -0.25) is 4.98 Å². The summed E-state index contributed by atoms with van der Waals surface area (Å²) in [5.41, 5.74) is 3.16. The van der Waals surface area contributed by atoms with Crippen molar-refractivity contribution in [3.63, 3.8) is 0 Å². The van der Waals surface area contributed by atoms with Crippen LogP contribution in [0.25, 0.3) is 11.6 Å². The van der Waals surface area contributed by atoms with E-state index in [0.29, 0.717) is 0 Å².